The van der Waals surface area contributed by atoms with Crippen LogP contribution < -0.4 is 4.74 Å². The van der Waals surface area contributed by atoms with E-state index in [1.807, 2.05) is 0 Å². The molecule has 0 spiro atoms. The van der Waals surface area contributed by atoms with E-state index in [4.69, 9.17) is 21.4 Å². The number of carbonyl (C=O) groups is 1. The van der Waals surface area contributed by atoms with Crippen LogP contribution >= 0.6 is 11.6 Å². The molecule has 14 heavy (non-hydrogen) atoms. The molecule has 5 heteroatoms. The van der Waals surface area contributed by atoms with Crippen LogP contribution in [0, 0.1) is 0 Å². The molecular formula is C9H9ClO4. The molecule has 0 heterocycles. The fourth-order valence-corrected chi connectivity index (χ4v) is 0.876. The molecular weight excluding hydrogens is 208 g/mol. The maximum absolute atomic E-state index is 10.4. The molecule has 0 bridgehead atoms. The van der Waals surface area contributed by atoms with E-state index in [1.54, 1.807) is 12.1 Å². The summed E-state index contributed by atoms with van der Waals surface area (Å²) >= 11 is 5.00. The third-order valence-corrected chi connectivity index (χ3v) is 1.78. The zero-order chi connectivity index (χ0) is 10.6. The van der Waals surface area contributed by atoms with Crippen LogP contribution in [0.25, 0.3) is 0 Å². The molecule has 0 aliphatic rings. The molecule has 76 valence electrons. The molecule has 0 fully saturated rings. The van der Waals surface area contributed by atoms with E-state index in [1.165, 1.54) is 12.1 Å². The van der Waals surface area contributed by atoms with E-state index >= 15 is 0 Å². The van der Waals surface area contributed by atoms with Gasteiger partial charge in [0.25, 0.3) is 5.24 Å². The van der Waals surface area contributed by atoms with Gasteiger partial charge in [0, 0.05) is 0 Å². The van der Waals surface area contributed by atoms with E-state index in [0.29, 0.717) is 0 Å². The van der Waals surface area contributed by atoms with Gasteiger partial charge in [-0.15, -0.1) is 0 Å². The zero-order valence-corrected chi connectivity index (χ0v) is 7.94. The predicted molar refractivity (Wildman–Crippen MR) is 50.5 cm³/mol. The third-order valence-electron chi connectivity index (χ3n) is 1.52. The smallest absolute Gasteiger partial charge is 0.253 e. The van der Waals surface area contributed by atoms with Gasteiger partial charge < -0.3 is 14.9 Å². The Balaban J connectivity index is 2.54. The average Bonchev–Trinajstić information content (AvgIpc) is 2.16. The van der Waals surface area contributed by atoms with Crippen molar-refractivity contribution in [3.05, 3.63) is 24.3 Å². The number of halogens is 1. The SMILES string of the molecule is O=C(Cl)C(O)COc1ccccc1O. The first-order valence-corrected chi connectivity index (χ1v) is 4.27. The van der Waals surface area contributed by atoms with Crippen LogP contribution in [0.4, 0.5) is 0 Å². The summed E-state index contributed by atoms with van der Waals surface area (Å²) in [7, 11) is 0. The van der Waals surface area contributed by atoms with Crippen LogP contribution in [0.3, 0.4) is 0 Å². The number of aliphatic hydroxyl groups is 1. The van der Waals surface area contributed by atoms with Gasteiger partial charge in [0.2, 0.25) is 0 Å². The van der Waals surface area contributed by atoms with Crippen LogP contribution in [0.1, 0.15) is 0 Å². The number of aromatic hydroxyl groups is 1. The fraction of sp³-hybridized carbons (Fsp3) is 0.222. The molecule has 0 radical (unpaired) electrons. The van der Waals surface area contributed by atoms with E-state index in [2.05, 4.69) is 0 Å². The molecule has 0 saturated carbocycles. The van der Waals surface area contributed by atoms with E-state index in [0.717, 1.165) is 0 Å². The van der Waals surface area contributed by atoms with Crippen molar-refractivity contribution in [2.45, 2.75) is 6.10 Å². The molecule has 1 aromatic carbocycles. The van der Waals surface area contributed by atoms with Gasteiger partial charge in [-0.25, -0.2) is 0 Å². The highest BCUT2D eigenvalue weighted by atomic mass is 35.5. The molecule has 0 amide bonds. The molecule has 4 nitrogen and oxygen atoms in total. The van der Waals surface area contributed by atoms with Crippen LogP contribution in [-0.2, 0) is 4.79 Å². The van der Waals surface area contributed by atoms with Gasteiger partial charge in [-0.3, -0.25) is 4.79 Å². The van der Waals surface area contributed by atoms with Crippen molar-refractivity contribution >= 4 is 16.8 Å². The van der Waals surface area contributed by atoms with Gasteiger partial charge >= 0.3 is 0 Å². The van der Waals surface area contributed by atoms with Crippen LogP contribution in [0.15, 0.2) is 24.3 Å². The summed E-state index contributed by atoms with van der Waals surface area (Å²) in [6, 6.07) is 6.24. The monoisotopic (exact) mass is 216 g/mol. The van der Waals surface area contributed by atoms with Crippen molar-refractivity contribution in [1.29, 1.82) is 0 Å². The summed E-state index contributed by atoms with van der Waals surface area (Å²) in [5.41, 5.74) is 0. The van der Waals surface area contributed by atoms with E-state index in [-0.39, 0.29) is 18.1 Å². The number of carbonyl (C=O) groups excluding carboxylic acids is 1. The van der Waals surface area contributed by atoms with Crippen molar-refractivity contribution in [1.82, 2.24) is 0 Å². The first-order valence-electron chi connectivity index (χ1n) is 3.89. The highest BCUT2D eigenvalue weighted by molar-refractivity contribution is 6.64. The summed E-state index contributed by atoms with van der Waals surface area (Å²) < 4.78 is 4.95. The van der Waals surface area contributed by atoms with Gasteiger partial charge in [0.1, 0.15) is 6.61 Å². The Kier molecular flexibility index (Phi) is 3.73. The quantitative estimate of drug-likeness (QED) is 0.734. The van der Waals surface area contributed by atoms with Gasteiger partial charge in [-0.05, 0) is 23.7 Å². The number of phenolic OH excluding ortho intramolecular Hbond substituents is 1. The average molecular weight is 217 g/mol. The number of para-hydroxylation sites is 2. The zero-order valence-electron chi connectivity index (χ0n) is 7.18. The number of benzene rings is 1. The summed E-state index contributed by atoms with van der Waals surface area (Å²) in [6.07, 6.45) is -1.38. The number of hydrogen-bond acceptors (Lipinski definition) is 4. The Morgan fingerprint density at radius 3 is 2.71 bits per heavy atom. The Hall–Kier alpha value is -1.26. The normalized spacial score (nSPS) is 12.1. The lowest BCUT2D eigenvalue weighted by atomic mass is 10.3. The Morgan fingerprint density at radius 2 is 2.14 bits per heavy atom. The molecule has 1 atom stereocenters. The highest BCUT2D eigenvalue weighted by Gasteiger charge is 2.13. The van der Waals surface area contributed by atoms with Crippen molar-refractivity contribution in [2.24, 2.45) is 0 Å². The minimum absolute atomic E-state index is 0.0540. The van der Waals surface area contributed by atoms with Crippen molar-refractivity contribution in [3.63, 3.8) is 0 Å². The van der Waals surface area contributed by atoms with Crippen LogP contribution in [-0.4, -0.2) is 28.2 Å². The molecule has 0 aromatic heterocycles. The van der Waals surface area contributed by atoms with Crippen LogP contribution in [0.2, 0.25) is 0 Å². The lowest BCUT2D eigenvalue weighted by molar-refractivity contribution is -0.120. The molecule has 1 unspecified atom stereocenters. The largest absolute Gasteiger partial charge is 0.504 e. The topological polar surface area (TPSA) is 66.8 Å². The molecule has 1 aromatic rings. The lowest BCUT2D eigenvalue weighted by Gasteiger charge is -2.09. The van der Waals surface area contributed by atoms with Crippen LogP contribution in [0.5, 0.6) is 11.5 Å². The van der Waals surface area contributed by atoms with Crippen molar-refractivity contribution in [2.75, 3.05) is 6.61 Å². The Labute approximate surface area is 85.7 Å². The number of aliphatic hydroxyl groups excluding tert-OH is 1. The van der Waals surface area contributed by atoms with E-state index in [9.17, 15) is 9.90 Å². The molecule has 0 saturated heterocycles. The second-order valence-electron chi connectivity index (χ2n) is 2.60. The third kappa shape index (κ3) is 2.90. The van der Waals surface area contributed by atoms with Crippen molar-refractivity contribution < 1.29 is 19.7 Å². The maximum atomic E-state index is 10.4. The second-order valence-corrected chi connectivity index (χ2v) is 2.97. The summed E-state index contributed by atoms with van der Waals surface area (Å²) in [5.74, 6) is 0.145. The summed E-state index contributed by atoms with van der Waals surface area (Å²) in [5, 5.41) is 17.3. The fourth-order valence-electron chi connectivity index (χ4n) is 0.813. The summed E-state index contributed by atoms with van der Waals surface area (Å²) in [6.45, 7) is -0.278. The number of rotatable bonds is 4. The Bertz CT molecular complexity index is 326. The standard InChI is InChI=1S/C9H9ClO4/c10-9(13)7(12)5-14-8-4-2-1-3-6(8)11/h1-4,7,11-12H,5H2. The first-order chi connectivity index (χ1) is 6.61. The maximum Gasteiger partial charge on any atom is 0.253 e. The highest BCUT2D eigenvalue weighted by Crippen LogP contribution is 2.24. The van der Waals surface area contributed by atoms with Gasteiger partial charge in [0.05, 0.1) is 0 Å². The minimum Gasteiger partial charge on any atom is -0.504 e. The number of hydrogen-bond donors (Lipinski definition) is 2. The molecule has 2 N–H and O–H groups in total. The second kappa shape index (κ2) is 4.83. The minimum atomic E-state index is -1.38. The molecule has 1 rings (SSSR count). The van der Waals surface area contributed by atoms with Gasteiger partial charge in [-0.1, -0.05) is 12.1 Å². The molecule has 0 aliphatic carbocycles. The van der Waals surface area contributed by atoms with Gasteiger partial charge in [0.15, 0.2) is 17.6 Å². The molecule has 0 aliphatic heterocycles. The Morgan fingerprint density at radius 1 is 1.50 bits per heavy atom. The first kappa shape index (κ1) is 10.8. The number of phenols is 1. The predicted octanol–water partition coefficient (Wildman–Crippen LogP) is 0.897. The summed E-state index contributed by atoms with van der Waals surface area (Å²) in [4.78, 5) is 10.4. The van der Waals surface area contributed by atoms with E-state index < -0.39 is 11.3 Å². The lowest BCUT2D eigenvalue weighted by Crippen LogP contribution is -2.23. The van der Waals surface area contributed by atoms with Gasteiger partial charge in [-0.2, -0.15) is 0 Å². The van der Waals surface area contributed by atoms with Crippen molar-refractivity contribution in [3.8, 4) is 11.5 Å². The number of ether oxygens (including phenoxy) is 1.